The van der Waals surface area contributed by atoms with Crippen LogP contribution in [-0.2, 0) is 4.84 Å². The third-order valence-electron chi connectivity index (χ3n) is 1.76. The molecule has 0 bridgehead atoms. The molecule has 0 aliphatic rings. The Hall–Kier alpha value is -1.49. The molecule has 88 valence electrons. The average molecular weight is 229 g/mol. The number of halogens is 2. The molecule has 0 heterocycles. The van der Waals surface area contributed by atoms with E-state index in [4.69, 9.17) is 4.84 Å². The van der Waals surface area contributed by atoms with Gasteiger partial charge in [0.15, 0.2) is 11.6 Å². The molecule has 0 unspecified atom stereocenters. The van der Waals surface area contributed by atoms with Gasteiger partial charge in [-0.3, -0.25) is 9.63 Å². The maximum absolute atomic E-state index is 12.8. The monoisotopic (exact) mass is 229 g/mol. The molecule has 0 atom stereocenters. The molecular weight excluding hydrogens is 216 g/mol. The van der Waals surface area contributed by atoms with Crippen LogP contribution in [0.25, 0.3) is 0 Å². The van der Waals surface area contributed by atoms with Crippen molar-refractivity contribution in [3.8, 4) is 0 Å². The van der Waals surface area contributed by atoms with Crippen LogP contribution in [0.2, 0.25) is 0 Å². The Balaban J connectivity index is 2.56. The van der Waals surface area contributed by atoms with Crippen molar-refractivity contribution >= 4 is 5.91 Å². The molecule has 0 spiro atoms. The highest BCUT2D eigenvalue weighted by Crippen LogP contribution is 2.08. The fraction of sp³-hybridized carbons (Fsp3) is 0.364. The van der Waals surface area contributed by atoms with Crippen LogP contribution in [-0.4, -0.2) is 12.5 Å². The van der Waals surface area contributed by atoms with Gasteiger partial charge in [0.2, 0.25) is 0 Å². The van der Waals surface area contributed by atoms with Crippen LogP contribution in [0.4, 0.5) is 8.78 Å². The Morgan fingerprint density at radius 3 is 2.62 bits per heavy atom. The van der Waals surface area contributed by atoms with Crippen molar-refractivity contribution in [3.05, 3.63) is 35.4 Å². The van der Waals surface area contributed by atoms with E-state index in [9.17, 15) is 13.6 Å². The van der Waals surface area contributed by atoms with Crippen LogP contribution in [0.15, 0.2) is 18.2 Å². The highest BCUT2D eigenvalue weighted by Gasteiger charge is 2.09. The van der Waals surface area contributed by atoms with Gasteiger partial charge in [-0.05, 0) is 24.1 Å². The lowest BCUT2D eigenvalue weighted by molar-refractivity contribution is 0.0208. The molecule has 5 heteroatoms. The number of nitrogens with one attached hydrogen (secondary N) is 1. The van der Waals surface area contributed by atoms with E-state index >= 15 is 0 Å². The zero-order valence-electron chi connectivity index (χ0n) is 9.09. The highest BCUT2D eigenvalue weighted by molar-refractivity contribution is 5.93. The maximum atomic E-state index is 12.8. The van der Waals surface area contributed by atoms with Crippen LogP contribution in [0.1, 0.15) is 24.2 Å². The van der Waals surface area contributed by atoms with Gasteiger partial charge < -0.3 is 0 Å². The van der Waals surface area contributed by atoms with Crippen LogP contribution in [0.5, 0.6) is 0 Å². The fourth-order valence-corrected chi connectivity index (χ4v) is 0.970. The number of carbonyl (C=O) groups is 1. The Labute approximate surface area is 92.4 Å². The zero-order valence-corrected chi connectivity index (χ0v) is 9.09. The third kappa shape index (κ3) is 3.58. The van der Waals surface area contributed by atoms with Crippen molar-refractivity contribution < 1.29 is 18.4 Å². The lowest BCUT2D eigenvalue weighted by atomic mass is 10.2. The van der Waals surface area contributed by atoms with Crippen molar-refractivity contribution in [2.75, 3.05) is 6.61 Å². The number of amides is 1. The van der Waals surface area contributed by atoms with E-state index in [1.54, 1.807) is 0 Å². The van der Waals surface area contributed by atoms with Crippen molar-refractivity contribution in [3.63, 3.8) is 0 Å². The second kappa shape index (κ2) is 5.55. The Kier molecular flexibility index (Phi) is 4.37. The van der Waals surface area contributed by atoms with Gasteiger partial charge in [-0.15, -0.1) is 0 Å². The van der Waals surface area contributed by atoms with Crippen LogP contribution in [0.3, 0.4) is 0 Å². The summed E-state index contributed by atoms with van der Waals surface area (Å²) in [5, 5.41) is 0. The van der Waals surface area contributed by atoms with Crippen molar-refractivity contribution in [2.24, 2.45) is 5.92 Å². The van der Waals surface area contributed by atoms with Crippen LogP contribution >= 0.6 is 0 Å². The number of carbonyl (C=O) groups excluding carboxylic acids is 1. The molecule has 0 fully saturated rings. The smallest absolute Gasteiger partial charge is 0.273 e. The van der Waals surface area contributed by atoms with E-state index in [0.29, 0.717) is 6.61 Å². The first-order chi connectivity index (χ1) is 7.50. The van der Waals surface area contributed by atoms with E-state index in [1.165, 1.54) is 6.07 Å². The van der Waals surface area contributed by atoms with Crippen molar-refractivity contribution in [2.45, 2.75) is 13.8 Å². The number of rotatable bonds is 4. The van der Waals surface area contributed by atoms with Gasteiger partial charge in [0.05, 0.1) is 6.61 Å². The summed E-state index contributed by atoms with van der Waals surface area (Å²) in [5.41, 5.74) is 2.17. The largest absolute Gasteiger partial charge is 0.274 e. The summed E-state index contributed by atoms with van der Waals surface area (Å²) in [4.78, 5) is 16.2. The first kappa shape index (κ1) is 12.6. The minimum absolute atomic E-state index is 0.0163. The van der Waals surface area contributed by atoms with Gasteiger partial charge in [-0.1, -0.05) is 13.8 Å². The van der Waals surface area contributed by atoms with Crippen LogP contribution < -0.4 is 5.48 Å². The topological polar surface area (TPSA) is 38.3 Å². The molecule has 0 saturated carbocycles. The van der Waals surface area contributed by atoms with E-state index in [2.05, 4.69) is 5.48 Å². The summed E-state index contributed by atoms with van der Waals surface area (Å²) >= 11 is 0. The first-order valence-electron chi connectivity index (χ1n) is 4.88. The SMILES string of the molecule is CC(C)CONC(=O)c1ccc(F)c(F)c1. The van der Waals surface area contributed by atoms with E-state index in [0.717, 1.165) is 12.1 Å². The summed E-state index contributed by atoms with van der Waals surface area (Å²) in [5.74, 6) is -2.37. The molecule has 3 nitrogen and oxygen atoms in total. The number of hydroxylamine groups is 1. The minimum atomic E-state index is -1.06. The molecule has 1 aromatic carbocycles. The molecular formula is C11H13F2NO2. The summed E-state index contributed by atoms with van der Waals surface area (Å²) in [6, 6.07) is 2.91. The maximum Gasteiger partial charge on any atom is 0.274 e. The van der Waals surface area contributed by atoms with E-state index in [-0.39, 0.29) is 11.5 Å². The molecule has 0 aliphatic heterocycles. The summed E-state index contributed by atoms with van der Waals surface area (Å²) in [6.45, 7) is 4.20. The Morgan fingerprint density at radius 1 is 1.38 bits per heavy atom. The molecule has 1 amide bonds. The first-order valence-corrected chi connectivity index (χ1v) is 4.88. The highest BCUT2D eigenvalue weighted by atomic mass is 19.2. The minimum Gasteiger partial charge on any atom is -0.273 e. The van der Waals surface area contributed by atoms with Gasteiger partial charge >= 0.3 is 0 Å². The molecule has 1 rings (SSSR count). The van der Waals surface area contributed by atoms with Crippen LogP contribution in [0, 0.1) is 17.6 Å². The van der Waals surface area contributed by atoms with Gasteiger partial charge in [0, 0.05) is 5.56 Å². The lowest BCUT2D eigenvalue weighted by Gasteiger charge is -2.07. The van der Waals surface area contributed by atoms with E-state index in [1.807, 2.05) is 13.8 Å². The van der Waals surface area contributed by atoms with E-state index < -0.39 is 17.5 Å². The number of hydrogen-bond acceptors (Lipinski definition) is 2. The molecule has 1 N–H and O–H groups in total. The van der Waals surface area contributed by atoms with Gasteiger partial charge in [-0.25, -0.2) is 14.3 Å². The van der Waals surface area contributed by atoms with Gasteiger partial charge in [-0.2, -0.15) is 0 Å². The summed E-state index contributed by atoms with van der Waals surface area (Å²) in [6.07, 6.45) is 0. The zero-order chi connectivity index (χ0) is 12.1. The second-order valence-corrected chi connectivity index (χ2v) is 3.76. The quantitative estimate of drug-likeness (QED) is 0.804. The standard InChI is InChI=1S/C11H13F2NO2/c1-7(2)6-16-14-11(15)8-3-4-9(12)10(13)5-8/h3-5,7H,6H2,1-2H3,(H,14,15). The van der Waals surface area contributed by atoms with Gasteiger partial charge in [0.1, 0.15) is 0 Å². The lowest BCUT2D eigenvalue weighted by Crippen LogP contribution is -2.25. The molecule has 0 saturated heterocycles. The average Bonchev–Trinajstić information content (AvgIpc) is 2.21. The Bertz CT molecular complexity index is 380. The molecule has 0 radical (unpaired) electrons. The summed E-state index contributed by atoms with van der Waals surface area (Å²) < 4.78 is 25.4. The number of benzene rings is 1. The molecule has 16 heavy (non-hydrogen) atoms. The van der Waals surface area contributed by atoms with Crippen molar-refractivity contribution in [1.82, 2.24) is 5.48 Å². The molecule has 1 aromatic rings. The fourth-order valence-electron chi connectivity index (χ4n) is 0.970. The summed E-state index contributed by atoms with van der Waals surface area (Å²) in [7, 11) is 0. The predicted molar refractivity (Wildman–Crippen MR) is 54.6 cm³/mol. The number of hydrogen-bond donors (Lipinski definition) is 1. The molecule has 0 aromatic heterocycles. The van der Waals surface area contributed by atoms with Gasteiger partial charge in [0.25, 0.3) is 5.91 Å². The molecule has 0 aliphatic carbocycles. The third-order valence-corrected chi connectivity index (χ3v) is 1.76. The predicted octanol–water partition coefficient (Wildman–Crippen LogP) is 2.28. The Morgan fingerprint density at radius 2 is 2.06 bits per heavy atom. The van der Waals surface area contributed by atoms with Crippen molar-refractivity contribution in [1.29, 1.82) is 0 Å². The normalized spacial score (nSPS) is 10.6. The second-order valence-electron chi connectivity index (χ2n) is 3.76.